The second-order valence-corrected chi connectivity index (χ2v) is 2.77. The number of aromatic nitrogens is 1. The molecule has 56 valence electrons. The average molecular weight is 138 g/mol. The molecule has 1 aromatic heterocycles. The van der Waals surface area contributed by atoms with Crippen LogP contribution >= 0.6 is 0 Å². The fourth-order valence-electron chi connectivity index (χ4n) is 0.911. The van der Waals surface area contributed by atoms with Gasteiger partial charge < -0.3 is 10.7 Å². The van der Waals surface area contributed by atoms with E-state index in [-0.39, 0.29) is 6.04 Å². The summed E-state index contributed by atoms with van der Waals surface area (Å²) in [6.45, 7) is 4.14. The van der Waals surface area contributed by atoms with Crippen LogP contribution in [0.15, 0.2) is 18.3 Å². The first-order chi connectivity index (χ1) is 4.72. The minimum Gasteiger partial charge on any atom is -0.365 e. The zero-order chi connectivity index (χ0) is 7.56. The summed E-state index contributed by atoms with van der Waals surface area (Å²) in [7, 11) is 0. The van der Waals surface area contributed by atoms with E-state index in [0.29, 0.717) is 5.92 Å². The Hall–Kier alpha value is -0.760. The third kappa shape index (κ3) is 1.39. The second-order valence-electron chi connectivity index (χ2n) is 2.77. The van der Waals surface area contributed by atoms with Crippen molar-refractivity contribution in [3.63, 3.8) is 0 Å². The molecule has 0 radical (unpaired) electrons. The molecule has 0 fully saturated rings. The molecule has 0 aromatic carbocycles. The molecule has 1 rings (SSSR count). The van der Waals surface area contributed by atoms with Crippen LogP contribution in [0.5, 0.6) is 0 Å². The molecule has 0 saturated heterocycles. The predicted octanol–water partition coefficient (Wildman–Crippen LogP) is 1.47. The summed E-state index contributed by atoms with van der Waals surface area (Å²) in [6.07, 6.45) is 1.92. The van der Waals surface area contributed by atoms with Gasteiger partial charge in [0, 0.05) is 23.9 Å². The summed E-state index contributed by atoms with van der Waals surface area (Å²) in [6, 6.07) is 4.28. The molecule has 2 atom stereocenters. The Morgan fingerprint density at radius 1 is 1.50 bits per heavy atom. The largest absolute Gasteiger partial charge is 0.365 e. The fourth-order valence-corrected chi connectivity index (χ4v) is 0.911. The van der Waals surface area contributed by atoms with Crippen molar-refractivity contribution in [1.29, 1.82) is 0 Å². The lowest BCUT2D eigenvalue weighted by Gasteiger charge is -2.12. The lowest BCUT2D eigenvalue weighted by molar-refractivity contribution is 0.601. The van der Waals surface area contributed by atoms with Gasteiger partial charge in [-0.1, -0.05) is 6.92 Å². The first kappa shape index (κ1) is 7.35. The average Bonchev–Trinajstić information content (AvgIpc) is 2.36. The van der Waals surface area contributed by atoms with E-state index in [0.717, 1.165) is 0 Å². The Bertz CT molecular complexity index is 177. The van der Waals surface area contributed by atoms with E-state index in [4.69, 9.17) is 5.73 Å². The Balaban J connectivity index is 2.68. The van der Waals surface area contributed by atoms with E-state index < -0.39 is 0 Å². The summed E-state index contributed by atoms with van der Waals surface area (Å²) in [5.74, 6) is 0.426. The molecule has 0 spiro atoms. The van der Waals surface area contributed by atoms with Crippen LogP contribution in [0, 0.1) is 0 Å². The van der Waals surface area contributed by atoms with Crippen molar-refractivity contribution in [2.24, 2.45) is 5.73 Å². The maximum atomic E-state index is 5.71. The highest BCUT2D eigenvalue weighted by atomic mass is 14.7. The minimum atomic E-state index is 0.221. The number of nitrogens with one attached hydrogen (secondary N) is 1. The molecule has 1 aromatic rings. The fraction of sp³-hybridized carbons (Fsp3) is 0.500. The van der Waals surface area contributed by atoms with Crippen LogP contribution < -0.4 is 5.73 Å². The van der Waals surface area contributed by atoms with E-state index in [2.05, 4.69) is 18.0 Å². The van der Waals surface area contributed by atoms with Crippen molar-refractivity contribution in [3.05, 3.63) is 24.0 Å². The molecule has 0 saturated carbocycles. The van der Waals surface area contributed by atoms with Gasteiger partial charge in [-0.25, -0.2) is 0 Å². The third-order valence-electron chi connectivity index (χ3n) is 1.90. The van der Waals surface area contributed by atoms with Crippen molar-refractivity contribution in [2.45, 2.75) is 25.8 Å². The van der Waals surface area contributed by atoms with E-state index in [9.17, 15) is 0 Å². The van der Waals surface area contributed by atoms with Crippen LogP contribution in [-0.4, -0.2) is 11.0 Å². The number of nitrogens with two attached hydrogens (primary N) is 1. The van der Waals surface area contributed by atoms with E-state index >= 15 is 0 Å². The Labute approximate surface area is 61.4 Å². The molecule has 0 aliphatic carbocycles. The zero-order valence-corrected chi connectivity index (χ0v) is 6.46. The number of hydrogen-bond donors (Lipinski definition) is 2. The number of rotatable bonds is 2. The predicted molar refractivity (Wildman–Crippen MR) is 42.9 cm³/mol. The van der Waals surface area contributed by atoms with Crippen LogP contribution in [0.4, 0.5) is 0 Å². The topological polar surface area (TPSA) is 41.8 Å². The molecular formula is C8H14N2. The Kier molecular flexibility index (Phi) is 2.12. The Morgan fingerprint density at radius 3 is 2.60 bits per heavy atom. The van der Waals surface area contributed by atoms with E-state index in [1.165, 1.54) is 5.69 Å². The zero-order valence-electron chi connectivity index (χ0n) is 6.46. The van der Waals surface area contributed by atoms with Crippen molar-refractivity contribution in [1.82, 2.24) is 4.98 Å². The van der Waals surface area contributed by atoms with Gasteiger partial charge in [-0.05, 0) is 19.1 Å². The summed E-state index contributed by atoms with van der Waals surface area (Å²) >= 11 is 0. The van der Waals surface area contributed by atoms with Gasteiger partial charge in [0.25, 0.3) is 0 Å². The second kappa shape index (κ2) is 2.88. The van der Waals surface area contributed by atoms with Crippen molar-refractivity contribution >= 4 is 0 Å². The van der Waals surface area contributed by atoms with Gasteiger partial charge in [-0.3, -0.25) is 0 Å². The van der Waals surface area contributed by atoms with E-state index in [1.807, 2.05) is 19.2 Å². The standard InChI is InChI=1S/C8H14N2/c1-6(7(2)9)8-4-3-5-10-8/h3-7,10H,9H2,1-2H3. The molecular weight excluding hydrogens is 124 g/mol. The van der Waals surface area contributed by atoms with Gasteiger partial charge in [-0.15, -0.1) is 0 Å². The number of aromatic amines is 1. The smallest absolute Gasteiger partial charge is 0.0191 e. The normalized spacial score (nSPS) is 16.7. The third-order valence-corrected chi connectivity index (χ3v) is 1.90. The van der Waals surface area contributed by atoms with Crippen LogP contribution in [0.3, 0.4) is 0 Å². The Morgan fingerprint density at radius 2 is 2.20 bits per heavy atom. The summed E-state index contributed by atoms with van der Waals surface area (Å²) in [5.41, 5.74) is 6.92. The lowest BCUT2D eigenvalue weighted by Crippen LogP contribution is -2.22. The van der Waals surface area contributed by atoms with Crippen molar-refractivity contribution < 1.29 is 0 Å². The van der Waals surface area contributed by atoms with Gasteiger partial charge in [0.1, 0.15) is 0 Å². The van der Waals surface area contributed by atoms with Crippen LogP contribution in [0.2, 0.25) is 0 Å². The molecule has 2 unspecified atom stereocenters. The van der Waals surface area contributed by atoms with Gasteiger partial charge in [0.05, 0.1) is 0 Å². The summed E-state index contributed by atoms with van der Waals surface area (Å²) in [5, 5.41) is 0. The molecule has 0 aliphatic rings. The molecule has 2 heteroatoms. The maximum Gasteiger partial charge on any atom is 0.0191 e. The number of H-pyrrole nitrogens is 1. The molecule has 0 amide bonds. The number of hydrogen-bond acceptors (Lipinski definition) is 1. The molecule has 0 bridgehead atoms. The molecule has 0 aliphatic heterocycles. The molecule has 2 nitrogen and oxygen atoms in total. The monoisotopic (exact) mass is 138 g/mol. The summed E-state index contributed by atoms with van der Waals surface area (Å²) in [4.78, 5) is 3.14. The molecule has 10 heavy (non-hydrogen) atoms. The maximum absolute atomic E-state index is 5.71. The van der Waals surface area contributed by atoms with Crippen LogP contribution in [0.25, 0.3) is 0 Å². The lowest BCUT2D eigenvalue weighted by atomic mass is 10.0. The highest BCUT2D eigenvalue weighted by Gasteiger charge is 2.09. The summed E-state index contributed by atoms with van der Waals surface area (Å²) < 4.78 is 0. The van der Waals surface area contributed by atoms with Gasteiger partial charge in [-0.2, -0.15) is 0 Å². The first-order valence-electron chi connectivity index (χ1n) is 3.60. The van der Waals surface area contributed by atoms with E-state index in [1.54, 1.807) is 0 Å². The van der Waals surface area contributed by atoms with Gasteiger partial charge in [0.15, 0.2) is 0 Å². The van der Waals surface area contributed by atoms with Gasteiger partial charge in [0.2, 0.25) is 0 Å². The van der Waals surface area contributed by atoms with Crippen molar-refractivity contribution in [2.75, 3.05) is 0 Å². The SMILES string of the molecule is CC(N)C(C)c1ccc[nH]1. The van der Waals surface area contributed by atoms with Gasteiger partial charge >= 0.3 is 0 Å². The highest BCUT2D eigenvalue weighted by Crippen LogP contribution is 2.14. The molecule has 3 N–H and O–H groups in total. The highest BCUT2D eigenvalue weighted by molar-refractivity contribution is 5.10. The molecule has 1 heterocycles. The van der Waals surface area contributed by atoms with Crippen molar-refractivity contribution in [3.8, 4) is 0 Å². The van der Waals surface area contributed by atoms with Crippen LogP contribution in [0.1, 0.15) is 25.5 Å². The minimum absolute atomic E-state index is 0.221. The quantitative estimate of drug-likeness (QED) is 0.638. The van der Waals surface area contributed by atoms with Crippen LogP contribution in [-0.2, 0) is 0 Å². The first-order valence-corrected chi connectivity index (χ1v) is 3.60.